The van der Waals surface area contributed by atoms with Gasteiger partial charge in [-0.25, -0.2) is 23.5 Å². The molecule has 112 valence electrons. The lowest BCUT2D eigenvalue weighted by Gasteiger charge is -2.08. The molecule has 0 aliphatic heterocycles. The molecule has 0 radical (unpaired) electrons. The maximum Gasteiger partial charge on any atom is 0.341 e. The first kappa shape index (κ1) is 16.7. The van der Waals surface area contributed by atoms with Gasteiger partial charge in [-0.15, -0.1) is 11.6 Å². The lowest BCUT2D eigenvalue weighted by molar-refractivity contribution is 0.0182. The lowest BCUT2D eigenvalue weighted by Crippen LogP contribution is -2.13. The first-order chi connectivity index (χ1) is 9.58. The normalized spacial score (nSPS) is 10.8. The Morgan fingerprint density at radius 3 is 2.85 bits per heavy atom. The van der Waals surface area contributed by atoms with E-state index in [-0.39, 0.29) is 31.1 Å². The van der Waals surface area contributed by atoms with Gasteiger partial charge in [-0.1, -0.05) is 0 Å². The Balaban J connectivity index is 2.64. The van der Waals surface area contributed by atoms with E-state index in [0.29, 0.717) is 11.5 Å². The lowest BCUT2D eigenvalue weighted by atomic mass is 10.2. The second-order valence-electron chi connectivity index (χ2n) is 3.72. The minimum Gasteiger partial charge on any atom is -0.462 e. The molecular formula is C12H15ClF2N2O3. The van der Waals surface area contributed by atoms with Crippen LogP contribution in [0.5, 0.6) is 0 Å². The SMILES string of the molecule is CCOC(=O)c1cnc(CCOCC(F)F)nc1CCl. The monoisotopic (exact) mass is 308 g/mol. The predicted octanol–water partition coefficient (Wildman–Crippen LogP) is 2.22. The number of esters is 1. The van der Waals surface area contributed by atoms with Crippen LogP contribution in [0.15, 0.2) is 6.20 Å². The van der Waals surface area contributed by atoms with Crippen molar-refractivity contribution in [3.63, 3.8) is 0 Å². The number of aromatic nitrogens is 2. The van der Waals surface area contributed by atoms with Crippen LogP contribution < -0.4 is 0 Å². The second-order valence-corrected chi connectivity index (χ2v) is 3.98. The van der Waals surface area contributed by atoms with Crippen molar-refractivity contribution in [2.75, 3.05) is 19.8 Å². The summed E-state index contributed by atoms with van der Waals surface area (Å²) in [5.41, 5.74) is 0.558. The summed E-state index contributed by atoms with van der Waals surface area (Å²) in [5.74, 6) is -0.131. The van der Waals surface area contributed by atoms with Crippen molar-refractivity contribution in [1.29, 1.82) is 0 Å². The van der Waals surface area contributed by atoms with Crippen molar-refractivity contribution in [3.05, 3.63) is 23.3 Å². The molecule has 5 nitrogen and oxygen atoms in total. The average Bonchev–Trinajstić information content (AvgIpc) is 2.43. The molecule has 0 aliphatic carbocycles. The van der Waals surface area contributed by atoms with Crippen LogP contribution in [0.2, 0.25) is 0 Å². The Morgan fingerprint density at radius 1 is 1.50 bits per heavy atom. The van der Waals surface area contributed by atoms with E-state index >= 15 is 0 Å². The highest BCUT2D eigenvalue weighted by Gasteiger charge is 2.15. The molecule has 0 N–H and O–H groups in total. The zero-order valence-electron chi connectivity index (χ0n) is 10.9. The number of carbonyl (C=O) groups is 1. The zero-order chi connectivity index (χ0) is 15.0. The Bertz CT molecular complexity index is 447. The van der Waals surface area contributed by atoms with Gasteiger partial charge in [-0.3, -0.25) is 0 Å². The molecule has 1 rings (SSSR count). The van der Waals surface area contributed by atoms with Crippen LogP contribution in [0.4, 0.5) is 8.78 Å². The van der Waals surface area contributed by atoms with Crippen LogP contribution in [-0.2, 0) is 21.8 Å². The van der Waals surface area contributed by atoms with Gasteiger partial charge in [0.1, 0.15) is 18.0 Å². The molecule has 1 aromatic rings. The highest BCUT2D eigenvalue weighted by Crippen LogP contribution is 2.10. The summed E-state index contributed by atoms with van der Waals surface area (Å²) in [6.45, 7) is 1.38. The number of hydrogen-bond acceptors (Lipinski definition) is 5. The number of ether oxygens (including phenoxy) is 2. The van der Waals surface area contributed by atoms with Crippen molar-refractivity contribution < 1.29 is 23.0 Å². The summed E-state index contributed by atoms with van der Waals surface area (Å²) in [6.07, 6.45) is -0.911. The van der Waals surface area contributed by atoms with Gasteiger partial charge < -0.3 is 9.47 Å². The summed E-state index contributed by atoms with van der Waals surface area (Å²) in [5, 5.41) is 0. The molecular weight excluding hydrogens is 294 g/mol. The molecule has 0 atom stereocenters. The standard InChI is InChI=1S/C12H15ClF2N2O3/c1-2-20-12(18)8-6-16-11(17-9(8)5-13)3-4-19-7-10(14)15/h6,10H,2-5,7H2,1H3. The van der Waals surface area contributed by atoms with Crippen molar-refractivity contribution in [3.8, 4) is 0 Å². The fourth-order valence-electron chi connectivity index (χ4n) is 1.40. The fraction of sp³-hybridized carbons (Fsp3) is 0.583. The largest absolute Gasteiger partial charge is 0.462 e. The third-order valence-electron chi connectivity index (χ3n) is 2.25. The quantitative estimate of drug-likeness (QED) is 0.418. The summed E-state index contributed by atoms with van der Waals surface area (Å²) in [7, 11) is 0. The van der Waals surface area contributed by atoms with Crippen molar-refractivity contribution in [2.24, 2.45) is 0 Å². The Hall–Kier alpha value is -1.34. The maximum atomic E-state index is 11.9. The molecule has 8 heteroatoms. The van der Waals surface area contributed by atoms with E-state index in [1.54, 1.807) is 6.92 Å². The second kappa shape index (κ2) is 8.76. The molecule has 0 saturated carbocycles. The zero-order valence-corrected chi connectivity index (χ0v) is 11.7. The molecule has 0 saturated heterocycles. The number of alkyl halides is 3. The molecule has 20 heavy (non-hydrogen) atoms. The van der Waals surface area contributed by atoms with Crippen molar-refractivity contribution in [2.45, 2.75) is 25.7 Å². The van der Waals surface area contributed by atoms with Gasteiger partial charge in [-0.05, 0) is 6.92 Å². The number of halogens is 3. The smallest absolute Gasteiger partial charge is 0.341 e. The predicted molar refractivity (Wildman–Crippen MR) is 68.1 cm³/mol. The highest BCUT2D eigenvalue weighted by molar-refractivity contribution is 6.17. The first-order valence-corrected chi connectivity index (χ1v) is 6.55. The van der Waals surface area contributed by atoms with E-state index in [1.807, 2.05) is 0 Å². The van der Waals surface area contributed by atoms with Crippen LogP contribution >= 0.6 is 11.6 Å². The van der Waals surface area contributed by atoms with Crippen molar-refractivity contribution in [1.82, 2.24) is 9.97 Å². The van der Waals surface area contributed by atoms with Gasteiger partial charge in [0.25, 0.3) is 6.43 Å². The van der Waals surface area contributed by atoms with Gasteiger partial charge in [0.2, 0.25) is 0 Å². The van der Waals surface area contributed by atoms with Crippen LogP contribution in [0, 0.1) is 0 Å². The highest BCUT2D eigenvalue weighted by atomic mass is 35.5. The number of hydrogen-bond donors (Lipinski definition) is 0. The summed E-state index contributed by atoms with van der Waals surface area (Å²) in [4.78, 5) is 19.7. The van der Waals surface area contributed by atoms with E-state index in [9.17, 15) is 13.6 Å². The number of rotatable bonds is 8. The van der Waals surface area contributed by atoms with E-state index < -0.39 is 19.0 Å². The average molecular weight is 309 g/mol. The minimum atomic E-state index is -2.50. The molecule has 0 aliphatic rings. The Morgan fingerprint density at radius 2 is 2.25 bits per heavy atom. The maximum absolute atomic E-state index is 11.9. The molecule has 0 bridgehead atoms. The Kier molecular flexibility index (Phi) is 7.32. The number of nitrogens with zero attached hydrogens (tertiary/aromatic N) is 2. The van der Waals surface area contributed by atoms with Crippen LogP contribution in [0.25, 0.3) is 0 Å². The molecule has 1 heterocycles. The van der Waals surface area contributed by atoms with Crippen LogP contribution in [-0.4, -0.2) is 42.2 Å². The molecule has 0 spiro atoms. The fourth-order valence-corrected chi connectivity index (χ4v) is 1.60. The van der Waals surface area contributed by atoms with Gasteiger partial charge >= 0.3 is 5.97 Å². The molecule has 0 amide bonds. The van der Waals surface area contributed by atoms with E-state index in [4.69, 9.17) is 21.1 Å². The first-order valence-electron chi connectivity index (χ1n) is 6.02. The molecule has 1 aromatic heterocycles. The van der Waals surface area contributed by atoms with Gasteiger partial charge in [0.15, 0.2) is 0 Å². The van der Waals surface area contributed by atoms with Crippen molar-refractivity contribution >= 4 is 17.6 Å². The minimum absolute atomic E-state index is 0.0293. The van der Waals surface area contributed by atoms with Crippen LogP contribution in [0.1, 0.15) is 28.8 Å². The van der Waals surface area contributed by atoms with E-state index in [0.717, 1.165) is 0 Å². The van der Waals surface area contributed by atoms with E-state index in [1.165, 1.54) is 6.20 Å². The van der Waals surface area contributed by atoms with E-state index in [2.05, 4.69) is 9.97 Å². The van der Waals surface area contributed by atoms with Crippen LogP contribution in [0.3, 0.4) is 0 Å². The van der Waals surface area contributed by atoms with Gasteiger partial charge in [0, 0.05) is 12.6 Å². The molecule has 0 fully saturated rings. The molecule has 0 unspecified atom stereocenters. The third kappa shape index (κ3) is 5.34. The third-order valence-corrected chi connectivity index (χ3v) is 2.51. The van der Waals surface area contributed by atoms with Gasteiger partial charge in [-0.2, -0.15) is 0 Å². The topological polar surface area (TPSA) is 61.3 Å². The summed E-state index contributed by atoms with van der Waals surface area (Å²) >= 11 is 5.72. The van der Waals surface area contributed by atoms with Gasteiger partial charge in [0.05, 0.1) is 24.8 Å². The number of carbonyl (C=O) groups excluding carboxylic acids is 1. The summed E-state index contributed by atoms with van der Waals surface area (Å²) in [6, 6.07) is 0. The molecule has 0 aromatic carbocycles. The summed E-state index contributed by atoms with van der Waals surface area (Å²) < 4.78 is 33.3. The Labute approximate surface area is 120 Å².